The molecule has 0 radical (unpaired) electrons. The van der Waals surface area contributed by atoms with Crippen LogP contribution in [0.4, 0.5) is 10.5 Å². The van der Waals surface area contributed by atoms with Crippen LogP contribution in [0.5, 0.6) is 5.75 Å². The summed E-state index contributed by atoms with van der Waals surface area (Å²) >= 11 is 0. The molecule has 2 aromatic carbocycles. The highest BCUT2D eigenvalue weighted by Crippen LogP contribution is 2.20. The SMILES string of the molecule is CC(C)C[C@H](NC(=O)[C@@H]1CCCN1C(=O)OCc1ccccc1)C(=O)NCC(=O)Oc1ccc([N+](=O)[O-])cc1. The van der Waals surface area contributed by atoms with Gasteiger partial charge in [0.25, 0.3) is 5.69 Å². The molecule has 1 aliphatic rings. The number of nitrogens with zero attached hydrogens (tertiary/aromatic N) is 2. The quantitative estimate of drug-likeness (QED) is 0.191. The van der Waals surface area contributed by atoms with Crippen LogP contribution in [0.1, 0.15) is 38.7 Å². The van der Waals surface area contributed by atoms with Gasteiger partial charge in [0.15, 0.2) is 0 Å². The first-order valence-corrected chi connectivity index (χ1v) is 12.6. The summed E-state index contributed by atoms with van der Waals surface area (Å²) in [5.74, 6) is -1.70. The number of amides is 3. The van der Waals surface area contributed by atoms with E-state index in [1.807, 2.05) is 44.2 Å². The van der Waals surface area contributed by atoms with Gasteiger partial charge in [-0.25, -0.2) is 9.59 Å². The lowest BCUT2D eigenvalue weighted by molar-refractivity contribution is -0.384. The molecule has 39 heavy (non-hydrogen) atoms. The molecule has 1 fully saturated rings. The highest BCUT2D eigenvalue weighted by atomic mass is 16.6. The van der Waals surface area contributed by atoms with Crippen molar-refractivity contribution >= 4 is 29.6 Å². The first kappa shape index (κ1) is 29.1. The van der Waals surface area contributed by atoms with E-state index in [1.165, 1.54) is 29.2 Å². The Kier molecular flexibility index (Phi) is 10.4. The van der Waals surface area contributed by atoms with Crippen LogP contribution in [0.25, 0.3) is 0 Å². The Morgan fingerprint density at radius 2 is 1.77 bits per heavy atom. The smallest absolute Gasteiger partial charge is 0.410 e. The molecular formula is C27H32N4O8. The number of likely N-dealkylation sites (tertiary alicyclic amines) is 1. The third-order valence-electron chi connectivity index (χ3n) is 6.02. The van der Waals surface area contributed by atoms with Gasteiger partial charge in [0.1, 0.15) is 31.0 Å². The lowest BCUT2D eigenvalue weighted by Gasteiger charge is -2.26. The number of nitro benzene ring substituents is 1. The molecule has 0 saturated carbocycles. The molecule has 12 nitrogen and oxygen atoms in total. The van der Waals surface area contributed by atoms with Crippen LogP contribution >= 0.6 is 0 Å². The third-order valence-corrected chi connectivity index (χ3v) is 6.02. The van der Waals surface area contributed by atoms with Gasteiger partial charge in [0, 0.05) is 18.7 Å². The van der Waals surface area contributed by atoms with Crippen LogP contribution in [0.3, 0.4) is 0 Å². The number of esters is 1. The molecule has 0 spiro atoms. The normalized spacial score (nSPS) is 15.4. The van der Waals surface area contributed by atoms with Crippen LogP contribution in [-0.2, 0) is 25.7 Å². The standard InChI is InChI=1S/C27H32N4O8/c1-18(2)15-22(25(33)28-16-24(32)39-21-12-10-20(11-13-21)31(36)37)29-26(34)23-9-6-14-30(23)27(35)38-17-19-7-4-3-5-8-19/h3-5,7-8,10-13,18,22-23H,6,9,14-17H2,1-2H3,(H,28,33)(H,29,34)/t22-,23-/m0/s1. The molecule has 12 heteroatoms. The molecule has 0 bridgehead atoms. The van der Waals surface area contributed by atoms with Gasteiger partial charge in [0.05, 0.1) is 4.92 Å². The van der Waals surface area contributed by atoms with Crippen molar-refractivity contribution < 1.29 is 33.6 Å². The number of benzene rings is 2. The summed E-state index contributed by atoms with van der Waals surface area (Å²) in [6.45, 7) is 3.75. The monoisotopic (exact) mass is 540 g/mol. The Bertz CT molecular complexity index is 1170. The van der Waals surface area contributed by atoms with Crippen molar-refractivity contribution in [2.24, 2.45) is 5.92 Å². The number of hydrogen-bond acceptors (Lipinski definition) is 8. The van der Waals surface area contributed by atoms with E-state index in [2.05, 4.69) is 10.6 Å². The molecule has 0 aromatic heterocycles. The molecule has 0 unspecified atom stereocenters. The molecule has 0 aliphatic carbocycles. The lowest BCUT2D eigenvalue weighted by atomic mass is 10.0. The minimum atomic E-state index is -0.938. The number of rotatable bonds is 11. The van der Waals surface area contributed by atoms with Crippen molar-refractivity contribution in [2.75, 3.05) is 13.1 Å². The molecule has 208 valence electrons. The molecular weight excluding hydrogens is 508 g/mol. The average Bonchev–Trinajstić information content (AvgIpc) is 3.41. The fraction of sp³-hybridized carbons (Fsp3) is 0.407. The topological polar surface area (TPSA) is 157 Å². The number of nitro groups is 1. The Labute approximate surface area is 225 Å². The summed E-state index contributed by atoms with van der Waals surface area (Å²) in [5, 5.41) is 15.9. The summed E-state index contributed by atoms with van der Waals surface area (Å²) in [5.41, 5.74) is 0.674. The van der Waals surface area contributed by atoms with Gasteiger partial charge in [-0.15, -0.1) is 0 Å². The molecule has 3 amide bonds. The van der Waals surface area contributed by atoms with Crippen molar-refractivity contribution in [3.63, 3.8) is 0 Å². The summed E-state index contributed by atoms with van der Waals surface area (Å²) < 4.78 is 10.5. The van der Waals surface area contributed by atoms with Crippen molar-refractivity contribution in [2.45, 2.75) is 51.8 Å². The zero-order valence-corrected chi connectivity index (χ0v) is 21.8. The Hall–Kier alpha value is -4.48. The summed E-state index contributed by atoms with van der Waals surface area (Å²) in [7, 11) is 0. The van der Waals surface area contributed by atoms with Gasteiger partial charge in [-0.2, -0.15) is 0 Å². The fourth-order valence-electron chi connectivity index (χ4n) is 4.12. The van der Waals surface area contributed by atoms with Crippen LogP contribution < -0.4 is 15.4 Å². The maximum absolute atomic E-state index is 13.1. The first-order chi connectivity index (χ1) is 18.6. The number of non-ortho nitro benzene ring substituents is 1. The molecule has 2 aromatic rings. The molecule has 1 aliphatic heterocycles. The van der Waals surface area contributed by atoms with E-state index in [9.17, 15) is 29.3 Å². The lowest BCUT2D eigenvalue weighted by Crippen LogP contribution is -2.54. The van der Waals surface area contributed by atoms with Gasteiger partial charge in [0.2, 0.25) is 11.8 Å². The van der Waals surface area contributed by atoms with E-state index < -0.39 is 47.4 Å². The van der Waals surface area contributed by atoms with Crippen molar-refractivity contribution in [1.82, 2.24) is 15.5 Å². The third kappa shape index (κ3) is 8.80. The van der Waals surface area contributed by atoms with E-state index in [1.54, 1.807) is 0 Å². The fourth-order valence-corrected chi connectivity index (χ4v) is 4.12. The second kappa shape index (κ2) is 13.9. The van der Waals surface area contributed by atoms with Gasteiger partial charge in [-0.3, -0.25) is 24.6 Å². The van der Waals surface area contributed by atoms with Crippen LogP contribution in [0, 0.1) is 16.0 Å². The maximum atomic E-state index is 13.1. The molecule has 1 heterocycles. The Morgan fingerprint density at radius 1 is 1.08 bits per heavy atom. The molecule has 2 atom stereocenters. The summed E-state index contributed by atoms with van der Waals surface area (Å²) in [6.07, 6.45) is 0.758. The largest absolute Gasteiger partial charge is 0.445 e. The van der Waals surface area contributed by atoms with Gasteiger partial charge < -0.3 is 20.1 Å². The highest BCUT2D eigenvalue weighted by Gasteiger charge is 2.37. The van der Waals surface area contributed by atoms with Crippen molar-refractivity contribution in [3.05, 3.63) is 70.3 Å². The minimum Gasteiger partial charge on any atom is -0.445 e. The first-order valence-electron chi connectivity index (χ1n) is 12.6. The van der Waals surface area contributed by atoms with E-state index in [0.717, 1.165) is 5.56 Å². The van der Waals surface area contributed by atoms with E-state index in [0.29, 0.717) is 25.8 Å². The molecule has 1 saturated heterocycles. The van der Waals surface area contributed by atoms with Crippen LogP contribution in [0.2, 0.25) is 0 Å². The van der Waals surface area contributed by atoms with Gasteiger partial charge in [-0.05, 0) is 42.9 Å². The average molecular weight is 541 g/mol. The van der Waals surface area contributed by atoms with E-state index in [4.69, 9.17) is 9.47 Å². The second-order valence-electron chi connectivity index (χ2n) is 9.53. The van der Waals surface area contributed by atoms with Gasteiger partial charge >= 0.3 is 12.1 Å². The number of nitrogens with one attached hydrogen (secondary N) is 2. The Balaban J connectivity index is 1.53. The van der Waals surface area contributed by atoms with Crippen molar-refractivity contribution in [1.29, 1.82) is 0 Å². The van der Waals surface area contributed by atoms with E-state index in [-0.39, 0.29) is 24.0 Å². The maximum Gasteiger partial charge on any atom is 0.410 e. The zero-order chi connectivity index (χ0) is 28.4. The second-order valence-corrected chi connectivity index (χ2v) is 9.53. The van der Waals surface area contributed by atoms with E-state index >= 15 is 0 Å². The number of carbonyl (C=O) groups excluding carboxylic acids is 4. The number of hydrogen-bond donors (Lipinski definition) is 2. The van der Waals surface area contributed by atoms with Gasteiger partial charge in [-0.1, -0.05) is 44.2 Å². The molecule has 3 rings (SSSR count). The predicted molar refractivity (Wildman–Crippen MR) is 139 cm³/mol. The van der Waals surface area contributed by atoms with Crippen LogP contribution in [-0.4, -0.2) is 58.9 Å². The zero-order valence-electron chi connectivity index (χ0n) is 21.8. The summed E-state index contributed by atoms with van der Waals surface area (Å²) in [4.78, 5) is 62.4. The highest BCUT2D eigenvalue weighted by molar-refractivity contribution is 5.92. The number of carbonyl (C=O) groups is 4. The predicted octanol–water partition coefficient (Wildman–Crippen LogP) is 2.95. The molecule has 2 N–H and O–H groups in total. The number of ether oxygens (including phenoxy) is 2. The Morgan fingerprint density at radius 3 is 2.41 bits per heavy atom. The minimum absolute atomic E-state index is 0.0450. The summed E-state index contributed by atoms with van der Waals surface area (Å²) in [6, 6.07) is 12.4. The van der Waals surface area contributed by atoms with Crippen molar-refractivity contribution in [3.8, 4) is 5.75 Å². The van der Waals surface area contributed by atoms with Crippen LogP contribution in [0.15, 0.2) is 54.6 Å².